The van der Waals surface area contributed by atoms with Gasteiger partial charge < -0.3 is 0 Å². The lowest BCUT2D eigenvalue weighted by molar-refractivity contribution is 0.107. The van der Waals surface area contributed by atoms with Gasteiger partial charge in [0.25, 0.3) is 10.5 Å². The third kappa shape index (κ3) is 8.33. The van der Waals surface area contributed by atoms with Gasteiger partial charge in [-0.3, -0.25) is 9.59 Å². The van der Waals surface area contributed by atoms with Gasteiger partial charge in [-0.2, -0.15) is 0 Å². The van der Waals surface area contributed by atoms with E-state index in [0.29, 0.717) is 11.1 Å². The van der Waals surface area contributed by atoms with Crippen LogP contribution in [0.25, 0.3) is 0 Å². The average molecular weight is 379 g/mol. The van der Waals surface area contributed by atoms with Crippen LogP contribution in [0, 0.1) is 0 Å². The van der Waals surface area contributed by atoms with Crippen LogP contribution in [-0.2, 0) is 12.8 Å². The lowest BCUT2D eigenvalue weighted by Crippen LogP contribution is -1.90. The van der Waals surface area contributed by atoms with Crippen molar-refractivity contribution in [3.05, 3.63) is 70.8 Å². The second-order valence-corrected chi connectivity index (χ2v) is 6.48. The molecule has 2 rings (SSSR count). The number of carbonyl (C=O) groups excluding carboxylic acids is 2. The predicted molar refractivity (Wildman–Crippen MR) is 106 cm³/mol. The predicted octanol–water partition coefficient (Wildman–Crippen LogP) is 6.43. The van der Waals surface area contributed by atoms with Crippen LogP contribution in [0.4, 0.5) is 0 Å². The van der Waals surface area contributed by atoms with E-state index < -0.39 is 5.24 Å². The van der Waals surface area contributed by atoms with Crippen LogP contribution in [0.15, 0.2) is 48.5 Å². The molecule has 134 valence electrons. The van der Waals surface area contributed by atoms with Crippen molar-refractivity contribution in [1.29, 1.82) is 0 Å². The Kier molecular flexibility index (Phi) is 10.1. The minimum Gasteiger partial charge on any atom is -0.276 e. The summed E-state index contributed by atoms with van der Waals surface area (Å²) in [7, 11) is 0. The van der Waals surface area contributed by atoms with E-state index in [2.05, 4.69) is 13.8 Å². The van der Waals surface area contributed by atoms with Gasteiger partial charge in [-0.15, -0.1) is 0 Å². The van der Waals surface area contributed by atoms with Gasteiger partial charge in [-0.05, 0) is 77.9 Å². The fraction of sp³-hybridized carbons (Fsp3) is 0.333. The number of aryl methyl sites for hydroxylation is 2. The molecule has 0 atom stereocenters. The number of hydrogen-bond acceptors (Lipinski definition) is 2. The molecular formula is C21H24Cl2O2. The Morgan fingerprint density at radius 1 is 0.680 bits per heavy atom. The second kappa shape index (κ2) is 11.8. The summed E-state index contributed by atoms with van der Waals surface area (Å²) in [5.41, 5.74) is 3.65. The van der Waals surface area contributed by atoms with Crippen molar-refractivity contribution in [2.75, 3.05) is 0 Å². The first-order valence-corrected chi connectivity index (χ1v) is 9.31. The molecule has 0 aliphatic carbocycles. The molecule has 0 saturated heterocycles. The highest BCUT2D eigenvalue weighted by atomic mass is 35.5. The fourth-order valence-corrected chi connectivity index (χ4v) is 2.53. The van der Waals surface area contributed by atoms with Crippen molar-refractivity contribution < 1.29 is 9.59 Å². The van der Waals surface area contributed by atoms with Gasteiger partial charge in [0.2, 0.25) is 0 Å². The Labute approximate surface area is 160 Å². The number of hydrogen-bond donors (Lipinski definition) is 0. The van der Waals surface area contributed by atoms with Crippen LogP contribution in [0.1, 0.15) is 65.0 Å². The summed E-state index contributed by atoms with van der Waals surface area (Å²) >= 11 is 10.6. The fourth-order valence-electron chi connectivity index (χ4n) is 2.27. The van der Waals surface area contributed by atoms with Crippen molar-refractivity contribution >= 4 is 33.7 Å². The molecule has 0 radical (unpaired) electrons. The summed E-state index contributed by atoms with van der Waals surface area (Å²) in [6.07, 6.45) is 5.63. The molecule has 0 heterocycles. The largest absolute Gasteiger partial charge is 0.276 e. The monoisotopic (exact) mass is 378 g/mol. The lowest BCUT2D eigenvalue weighted by Gasteiger charge is -1.99. The van der Waals surface area contributed by atoms with Crippen molar-refractivity contribution in [2.45, 2.75) is 46.0 Å². The third-order valence-electron chi connectivity index (χ3n) is 3.72. The van der Waals surface area contributed by atoms with Gasteiger partial charge >= 0.3 is 0 Å². The van der Waals surface area contributed by atoms with Crippen LogP contribution in [-0.4, -0.2) is 10.5 Å². The number of unbranched alkanes of at least 4 members (excludes halogenated alkanes) is 1. The van der Waals surface area contributed by atoms with E-state index in [1.54, 1.807) is 24.3 Å². The van der Waals surface area contributed by atoms with E-state index in [-0.39, 0.29) is 5.24 Å². The third-order valence-corrected chi connectivity index (χ3v) is 4.16. The van der Waals surface area contributed by atoms with Gasteiger partial charge in [0, 0.05) is 11.1 Å². The topological polar surface area (TPSA) is 34.1 Å². The minimum absolute atomic E-state index is 0.387. The Balaban J connectivity index is 0.000000251. The second-order valence-electron chi connectivity index (χ2n) is 5.79. The molecule has 2 aromatic rings. The maximum atomic E-state index is 10.7. The zero-order chi connectivity index (χ0) is 18.7. The number of benzene rings is 2. The van der Waals surface area contributed by atoms with E-state index in [1.807, 2.05) is 24.3 Å². The Morgan fingerprint density at radius 2 is 1.08 bits per heavy atom. The van der Waals surface area contributed by atoms with Crippen LogP contribution in [0.5, 0.6) is 0 Å². The molecule has 0 N–H and O–H groups in total. The van der Waals surface area contributed by atoms with Gasteiger partial charge in [-0.25, -0.2) is 0 Å². The van der Waals surface area contributed by atoms with Crippen LogP contribution in [0.3, 0.4) is 0 Å². The molecule has 0 aromatic heterocycles. The highest BCUT2D eigenvalue weighted by Crippen LogP contribution is 2.10. The van der Waals surface area contributed by atoms with Crippen LogP contribution >= 0.6 is 23.2 Å². The lowest BCUT2D eigenvalue weighted by atomic mass is 10.1. The van der Waals surface area contributed by atoms with E-state index in [4.69, 9.17) is 23.2 Å². The highest BCUT2D eigenvalue weighted by molar-refractivity contribution is 6.68. The molecule has 2 aromatic carbocycles. The van der Waals surface area contributed by atoms with Gasteiger partial charge in [0.1, 0.15) is 0 Å². The molecule has 0 bridgehead atoms. The molecule has 0 fully saturated rings. The summed E-state index contributed by atoms with van der Waals surface area (Å²) in [5, 5.41) is -0.778. The van der Waals surface area contributed by atoms with Gasteiger partial charge in [0.15, 0.2) is 0 Å². The Morgan fingerprint density at radius 3 is 1.40 bits per heavy atom. The standard InChI is InChI=1S/C11H13ClO.C10H11ClO/c1-2-3-4-9-5-7-10(8-6-9)11(12)13;1-2-3-8-4-6-9(7-5-8)10(11)12/h5-8H,2-4H2,1H3;4-7H,2-3H2,1H3. The molecule has 0 aliphatic rings. The molecule has 4 heteroatoms. The first-order valence-electron chi connectivity index (χ1n) is 8.55. The average Bonchev–Trinajstić information content (AvgIpc) is 2.61. The van der Waals surface area contributed by atoms with E-state index in [9.17, 15) is 9.59 Å². The van der Waals surface area contributed by atoms with E-state index >= 15 is 0 Å². The highest BCUT2D eigenvalue weighted by Gasteiger charge is 2.00. The maximum Gasteiger partial charge on any atom is 0.252 e. The van der Waals surface area contributed by atoms with Crippen molar-refractivity contribution in [3.8, 4) is 0 Å². The summed E-state index contributed by atoms with van der Waals surface area (Å²) in [6, 6.07) is 14.9. The van der Waals surface area contributed by atoms with Crippen molar-refractivity contribution in [3.63, 3.8) is 0 Å². The Bertz CT molecular complexity index is 661. The van der Waals surface area contributed by atoms with Crippen LogP contribution < -0.4 is 0 Å². The van der Waals surface area contributed by atoms with Gasteiger partial charge in [0.05, 0.1) is 0 Å². The SMILES string of the molecule is CCCCc1ccc(C(=O)Cl)cc1.CCCc1ccc(C(=O)Cl)cc1. The number of rotatable bonds is 7. The molecule has 0 aliphatic heterocycles. The smallest absolute Gasteiger partial charge is 0.252 e. The minimum atomic E-state index is -0.391. The zero-order valence-corrected chi connectivity index (χ0v) is 16.2. The van der Waals surface area contributed by atoms with Crippen LogP contribution in [0.2, 0.25) is 0 Å². The molecule has 0 spiro atoms. The first kappa shape index (κ1) is 21.4. The summed E-state index contributed by atoms with van der Waals surface area (Å²) in [4.78, 5) is 21.4. The molecule has 0 saturated carbocycles. The first-order chi connectivity index (χ1) is 12.0. The van der Waals surface area contributed by atoms with Crippen molar-refractivity contribution in [2.24, 2.45) is 0 Å². The van der Waals surface area contributed by atoms with E-state index in [1.165, 1.54) is 24.0 Å². The van der Waals surface area contributed by atoms with Gasteiger partial charge in [-0.1, -0.05) is 51.0 Å². The Hall–Kier alpha value is -1.64. The zero-order valence-electron chi connectivity index (χ0n) is 14.7. The summed E-state index contributed by atoms with van der Waals surface area (Å²) in [5.74, 6) is 0. The number of halogens is 2. The molecular weight excluding hydrogens is 355 g/mol. The molecule has 2 nitrogen and oxygen atoms in total. The molecule has 0 unspecified atom stereocenters. The normalized spacial score (nSPS) is 9.92. The number of carbonyl (C=O) groups is 2. The molecule has 0 amide bonds. The quantitative estimate of drug-likeness (QED) is 0.520. The van der Waals surface area contributed by atoms with E-state index in [0.717, 1.165) is 19.3 Å². The summed E-state index contributed by atoms with van der Waals surface area (Å²) < 4.78 is 0. The maximum absolute atomic E-state index is 10.7. The summed E-state index contributed by atoms with van der Waals surface area (Å²) in [6.45, 7) is 4.29. The van der Waals surface area contributed by atoms with Crippen molar-refractivity contribution in [1.82, 2.24) is 0 Å². The molecule has 25 heavy (non-hydrogen) atoms.